The molecular weight excluding hydrogens is 259 g/mol. The molecule has 0 nitrogen and oxygen atoms in total. The van der Waals surface area contributed by atoms with Crippen molar-refractivity contribution in [1.82, 2.24) is 0 Å². The molecule has 0 saturated carbocycles. The minimum absolute atomic E-state index is 0.741. The van der Waals surface area contributed by atoms with Crippen molar-refractivity contribution in [1.29, 1.82) is 0 Å². The van der Waals surface area contributed by atoms with Gasteiger partial charge in [0.2, 0.25) is 0 Å². The molecule has 0 heterocycles. The summed E-state index contributed by atoms with van der Waals surface area (Å²) in [4.78, 5) is 0. The van der Waals surface area contributed by atoms with E-state index in [-0.39, 0.29) is 0 Å². The SMILES string of the molecule is CCCC(CC)c1ccc(CPc2ccccc2)cc1. The van der Waals surface area contributed by atoms with Crippen LogP contribution in [0.3, 0.4) is 0 Å². The Balaban J connectivity index is 1.94. The average Bonchev–Trinajstić information content (AvgIpc) is 2.52. The molecule has 1 heteroatoms. The fourth-order valence-electron chi connectivity index (χ4n) is 2.62. The molecule has 0 radical (unpaired) electrons. The van der Waals surface area contributed by atoms with Gasteiger partial charge in [-0.3, -0.25) is 0 Å². The Morgan fingerprint density at radius 1 is 0.900 bits per heavy atom. The van der Waals surface area contributed by atoms with E-state index in [2.05, 4.69) is 68.4 Å². The molecular formula is C19H25P. The van der Waals surface area contributed by atoms with Crippen molar-refractivity contribution >= 4 is 13.9 Å². The summed E-state index contributed by atoms with van der Waals surface area (Å²) < 4.78 is 0. The Labute approximate surface area is 125 Å². The van der Waals surface area contributed by atoms with Gasteiger partial charge in [-0.05, 0) is 41.4 Å². The summed E-state index contributed by atoms with van der Waals surface area (Å²) in [5.41, 5.74) is 2.98. The van der Waals surface area contributed by atoms with Crippen LogP contribution in [-0.4, -0.2) is 0 Å². The summed E-state index contributed by atoms with van der Waals surface area (Å²) in [5, 5.41) is 1.45. The van der Waals surface area contributed by atoms with E-state index in [9.17, 15) is 0 Å². The van der Waals surface area contributed by atoms with Crippen LogP contribution in [0.1, 0.15) is 50.2 Å². The zero-order chi connectivity index (χ0) is 14.2. The summed E-state index contributed by atoms with van der Waals surface area (Å²) in [7, 11) is 0.874. The van der Waals surface area contributed by atoms with Gasteiger partial charge in [0, 0.05) is 0 Å². The largest absolute Gasteiger partial charge is 0.0859 e. The summed E-state index contributed by atoms with van der Waals surface area (Å²) in [6.45, 7) is 4.57. The quantitative estimate of drug-likeness (QED) is 0.590. The van der Waals surface area contributed by atoms with Crippen LogP contribution < -0.4 is 5.30 Å². The Bertz CT molecular complexity index is 487. The highest BCUT2D eigenvalue weighted by molar-refractivity contribution is 7.46. The van der Waals surface area contributed by atoms with E-state index >= 15 is 0 Å². The molecule has 106 valence electrons. The second kappa shape index (κ2) is 8.22. The smallest absolute Gasteiger partial charge is 0.00602 e. The molecule has 0 N–H and O–H groups in total. The van der Waals surface area contributed by atoms with Crippen molar-refractivity contribution in [2.45, 2.75) is 45.2 Å². The van der Waals surface area contributed by atoms with Crippen molar-refractivity contribution in [3.63, 3.8) is 0 Å². The highest BCUT2D eigenvalue weighted by Crippen LogP contribution is 2.26. The molecule has 0 fully saturated rings. The highest BCUT2D eigenvalue weighted by atomic mass is 31.1. The third-order valence-electron chi connectivity index (χ3n) is 3.85. The normalized spacial score (nSPS) is 12.9. The molecule has 0 aliphatic carbocycles. The molecule has 0 aliphatic rings. The van der Waals surface area contributed by atoms with Crippen molar-refractivity contribution in [3.8, 4) is 0 Å². The first-order valence-corrected chi connectivity index (χ1v) is 8.92. The number of hydrogen-bond acceptors (Lipinski definition) is 0. The van der Waals surface area contributed by atoms with E-state index in [1.54, 1.807) is 0 Å². The Morgan fingerprint density at radius 2 is 1.60 bits per heavy atom. The van der Waals surface area contributed by atoms with Crippen molar-refractivity contribution < 1.29 is 0 Å². The first-order chi connectivity index (χ1) is 9.83. The topological polar surface area (TPSA) is 0 Å². The molecule has 2 aromatic carbocycles. The predicted molar refractivity (Wildman–Crippen MR) is 92.5 cm³/mol. The maximum atomic E-state index is 2.34. The van der Waals surface area contributed by atoms with Gasteiger partial charge in [-0.2, -0.15) is 0 Å². The number of rotatable bonds is 7. The van der Waals surface area contributed by atoms with E-state index in [1.807, 2.05) is 0 Å². The predicted octanol–water partition coefficient (Wildman–Crippen LogP) is 5.48. The van der Waals surface area contributed by atoms with Gasteiger partial charge in [0.1, 0.15) is 0 Å². The van der Waals surface area contributed by atoms with E-state index < -0.39 is 0 Å². The Hall–Kier alpha value is -1.13. The van der Waals surface area contributed by atoms with E-state index in [0.29, 0.717) is 0 Å². The molecule has 2 atom stereocenters. The van der Waals surface area contributed by atoms with Gasteiger partial charge in [-0.1, -0.05) is 83.4 Å². The van der Waals surface area contributed by atoms with Crippen molar-refractivity contribution in [3.05, 3.63) is 65.7 Å². The minimum Gasteiger partial charge on any atom is -0.0859 e. The summed E-state index contributed by atoms with van der Waals surface area (Å²) >= 11 is 0. The van der Waals surface area contributed by atoms with Crippen molar-refractivity contribution in [2.24, 2.45) is 0 Å². The minimum atomic E-state index is 0.741. The lowest BCUT2D eigenvalue weighted by atomic mass is 9.92. The van der Waals surface area contributed by atoms with Crippen LogP contribution in [0.5, 0.6) is 0 Å². The average molecular weight is 284 g/mol. The molecule has 20 heavy (non-hydrogen) atoms. The van der Waals surface area contributed by atoms with Crippen LogP contribution in [0.15, 0.2) is 54.6 Å². The van der Waals surface area contributed by atoms with Crippen LogP contribution in [0.2, 0.25) is 0 Å². The Kier molecular flexibility index (Phi) is 6.27. The molecule has 0 aliphatic heterocycles. The third-order valence-corrected chi connectivity index (χ3v) is 5.18. The maximum Gasteiger partial charge on any atom is -0.00602 e. The summed E-state index contributed by atoms with van der Waals surface area (Å²) in [6, 6.07) is 20.1. The second-order valence-electron chi connectivity index (χ2n) is 5.36. The van der Waals surface area contributed by atoms with Crippen LogP contribution in [0, 0.1) is 0 Å². The molecule has 0 aromatic heterocycles. The van der Waals surface area contributed by atoms with Crippen LogP contribution in [0.25, 0.3) is 0 Å². The van der Waals surface area contributed by atoms with Gasteiger partial charge < -0.3 is 0 Å². The monoisotopic (exact) mass is 284 g/mol. The Morgan fingerprint density at radius 3 is 2.20 bits per heavy atom. The summed E-state index contributed by atoms with van der Waals surface area (Å²) in [6.07, 6.45) is 4.99. The molecule has 0 bridgehead atoms. The van der Waals surface area contributed by atoms with Gasteiger partial charge in [0.15, 0.2) is 0 Å². The highest BCUT2D eigenvalue weighted by Gasteiger charge is 2.07. The van der Waals surface area contributed by atoms with E-state index in [4.69, 9.17) is 0 Å². The first-order valence-electron chi connectivity index (χ1n) is 7.71. The standard InChI is InChI=1S/C19H25P/c1-3-8-17(4-2)18-13-11-16(12-14-18)15-20-19-9-6-5-7-10-19/h5-7,9-14,17,20H,3-4,8,15H2,1-2H3. The molecule has 2 aromatic rings. The molecule has 0 saturated heterocycles. The van der Waals surface area contributed by atoms with Gasteiger partial charge in [0.05, 0.1) is 0 Å². The van der Waals surface area contributed by atoms with Gasteiger partial charge in [-0.25, -0.2) is 0 Å². The summed E-state index contributed by atoms with van der Waals surface area (Å²) in [5.74, 6) is 0.741. The van der Waals surface area contributed by atoms with Gasteiger partial charge in [-0.15, -0.1) is 0 Å². The number of hydrogen-bond donors (Lipinski definition) is 0. The number of benzene rings is 2. The van der Waals surface area contributed by atoms with E-state index in [1.165, 1.54) is 35.7 Å². The van der Waals surface area contributed by atoms with Crippen LogP contribution in [0.4, 0.5) is 0 Å². The van der Waals surface area contributed by atoms with Gasteiger partial charge >= 0.3 is 0 Å². The van der Waals surface area contributed by atoms with Crippen LogP contribution in [-0.2, 0) is 6.16 Å². The van der Waals surface area contributed by atoms with E-state index in [0.717, 1.165) is 20.7 Å². The third kappa shape index (κ3) is 4.46. The molecule has 2 unspecified atom stereocenters. The van der Waals surface area contributed by atoms with Gasteiger partial charge in [0.25, 0.3) is 0 Å². The second-order valence-corrected chi connectivity index (χ2v) is 6.64. The van der Waals surface area contributed by atoms with Crippen molar-refractivity contribution in [2.75, 3.05) is 0 Å². The lowest BCUT2D eigenvalue weighted by molar-refractivity contribution is 0.596. The molecule has 0 spiro atoms. The maximum absolute atomic E-state index is 2.34. The fraction of sp³-hybridized carbons (Fsp3) is 0.368. The first kappa shape index (κ1) is 15.3. The lowest BCUT2D eigenvalue weighted by Gasteiger charge is -2.14. The zero-order valence-electron chi connectivity index (χ0n) is 12.6. The molecule has 0 amide bonds. The molecule has 2 rings (SSSR count). The zero-order valence-corrected chi connectivity index (χ0v) is 13.6. The lowest BCUT2D eigenvalue weighted by Crippen LogP contribution is -1.97. The fourth-order valence-corrected chi connectivity index (χ4v) is 3.69. The van der Waals surface area contributed by atoms with Crippen LogP contribution >= 0.6 is 8.58 Å².